The molecule has 2 fully saturated rings. The average Bonchev–Trinajstić information content (AvgIpc) is 3.12. The van der Waals surface area contributed by atoms with Crippen molar-refractivity contribution in [2.75, 3.05) is 13.2 Å². The van der Waals surface area contributed by atoms with E-state index in [2.05, 4.69) is 4.98 Å². The van der Waals surface area contributed by atoms with E-state index in [0.29, 0.717) is 19.4 Å². The smallest absolute Gasteiger partial charge is 0.338 e. The quantitative estimate of drug-likeness (QED) is 0.806. The molecule has 0 bridgehead atoms. The fourth-order valence-electron chi connectivity index (χ4n) is 3.25. The minimum atomic E-state index is -0.862. The second-order valence-corrected chi connectivity index (χ2v) is 6.66. The molecule has 132 valence electrons. The van der Waals surface area contributed by atoms with Gasteiger partial charge in [-0.25, -0.2) is 9.59 Å². The van der Waals surface area contributed by atoms with Crippen molar-refractivity contribution < 1.29 is 19.0 Å². The second kappa shape index (κ2) is 6.52. The minimum absolute atomic E-state index is 0.0515. The summed E-state index contributed by atoms with van der Waals surface area (Å²) in [7, 11) is 0. The van der Waals surface area contributed by atoms with Gasteiger partial charge in [-0.2, -0.15) is 0 Å². The SMILES string of the molecule is CC1CC(COC(=O)C2(C)CCCO2)OC1n1ccc(=O)[nH]c1=O. The molecule has 8 nitrogen and oxygen atoms in total. The second-order valence-electron chi connectivity index (χ2n) is 6.66. The summed E-state index contributed by atoms with van der Waals surface area (Å²) in [4.78, 5) is 37.4. The van der Waals surface area contributed by atoms with Crippen molar-refractivity contribution >= 4 is 5.97 Å². The molecule has 8 heteroatoms. The zero-order chi connectivity index (χ0) is 17.3. The molecule has 1 aromatic rings. The highest BCUT2D eigenvalue weighted by molar-refractivity contribution is 5.79. The first-order valence-electron chi connectivity index (χ1n) is 8.17. The number of carbonyl (C=O) groups is 1. The predicted molar refractivity (Wildman–Crippen MR) is 83.6 cm³/mol. The summed E-state index contributed by atoms with van der Waals surface area (Å²) in [6.07, 6.45) is 2.79. The van der Waals surface area contributed by atoms with Crippen LogP contribution in [0.3, 0.4) is 0 Å². The molecule has 2 saturated heterocycles. The van der Waals surface area contributed by atoms with Crippen LogP contribution in [0.2, 0.25) is 0 Å². The lowest BCUT2D eigenvalue weighted by Gasteiger charge is -2.22. The normalized spacial score (nSPS) is 32.8. The van der Waals surface area contributed by atoms with Gasteiger partial charge >= 0.3 is 11.7 Å². The minimum Gasteiger partial charge on any atom is -0.461 e. The zero-order valence-electron chi connectivity index (χ0n) is 13.8. The summed E-state index contributed by atoms with van der Waals surface area (Å²) in [6, 6.07) is 1.28. The Kier molecular flexibility index (Phi) is 4.60. The number of ether oxygens (including phenoxy) is 3. The van der Waals surface area contributed by atoms with Crippen LogP contribution in [0.25, 0.3) is 0 Å². The molecule has 0 saturated carbocycles. The van der Waals surface area contributed by atoms with Crippen LogP contribution in [0.5, 0.6) is 0 Å². The van der Waals surface area contributed by atoms with Crippen molar-refractivity contribution in [3.05, 3.63) is 33.1 Å². The molecule has 1 aromatic heterocycles. The fraction of sp³-hybridized carbons (Fsp3) is 0.688. The third-order valence-electron chi connectivity index (χ3n) is 4.63. The Hall–Kier alpha value is -1.93. The van der Waals surface area contributed by atoms with Gasteiger partial charge in [0.1, 0.15) is 12.8 Å². The van der Waals surface area contributed by atoms with Gasteiger partial charge in [-0.3, -0.25) is 14.3 Å². The van der Waals surface area contributed by atoms with E-state index >= 15 is 0 Å². The largest absolute Gasteiger partial charge is 0.461 e. The molecular weight excluding hydrogens is 316 g/mol. The highest BCUT2D eigenvalue weighted by Gasteiger charge is 2.41. The maximum atomic E-state index is 12.2. The van der Waals surface area contributed by atoms with E-state index in [1.165, 1.54) is 16.8 Å². The van der Waals surface area contributed by atoms with Crippen molar-refractivity contribution in [2.24, 2.45) is 5.92 Å². The third-order valence-corrected chi connectivity index (χ3v) is 4.63. The van der Waals surface area contributed by atoms with Gasteiger partial charge in [0.25, 0.3) is 5.56 Å². The number of aromatic nitrogens is 2. The van der Waals surface area contributed by atoms with Crippen LogP contribution in [0.4, 0.5) is 0 Å². The topological polar surface area (TPSA) is 99.6 Å². The molecule has 24 heavy (non-hydrogen) atoms. The summed E-state index contributed by atoms with van der Waals surface area (Å²) >= 11 is 0. The first-order chi connectivity index (χ1) is 11.4. The van der Waals surface area contributed by atoms with Crippen molar-refractivity contribution in [1.82, 2.24) is 9.55 Å². The summed E-state index contributed by atoms with van der Waals surface area (Å²) < 4.78 is 18.0. The summed E-state index contributed by atoms with van der Waals surface area (Å²) in [5.74, 6) is -0.323. The Morgan fingerprint density at radius 1 is 1.50 bits per heavy atom. The number of rotatable bonds is 4. The van der Waals surface area contributed by atoms with Gasteiger partial charge in [0.05, 0.1) is 6.10 Å². The number of H-pyrrole nitrogens is 1. The van der Waals surface area contributed by atoms with Crippen LogP contribution < -0.4 is 11.2 Å². The lowest BCUT2D eigenvalue weighted by molar-refractivity contribution is -0.169. The molecule has 4 atom stereocenters. The van der Waals surface area contributed by atoms with Gasteiger partial charge in [-0.1, -0.05) is 6.92 Å². The highest BCUT2D eigenvalue weighted by Crippen LogP contribution is 2.33. The van der Waals surface area contributed by atoms with Crippen molar-refractivity contribution in [1.29, 1.82) is 0 Å². The molecule has 0 spiro atoms. The number of aromatic amines is 1. The maximum Gasteiger partial charge on any atom is 0.338 e. The predicted octanol–water partition coefficient (Wildman–Crippen LogP) is 0.572. The highest BCUT2D eigenvalue weighted by atomic mass is 16.6. The molecule has 1 N–H and O–H groups in total. The van der Waals surface area contributed by atoms with E-state index in [-0.39, 0.29) is 24.6 Å². The molecule has 0 aliphatic carbocycles. The number of hydrogen-bond donors (Lipinski definition) is 1. The van der Waals surface area contributed by atoms with Crippen molar-refractivity contribution in [2.45, 2.75) is 51.0 Å². The molecule has 4 unspecified atom stereocenters. The summed E-state index contributed by atoms with van der Waals surface area (Å²) in [6.45, 7) is 4.38. The number of esters is 1. The van der Waals surface area contributed by atoms with Gasteiger partial charge in [0.15, 0.2) is 5.60 Å². The van der Waals surface area contributed by atoms with Crippen LogP contribution in [0.15, 0.2) is 21.9 Å². The first-order valence-corrected chi connectivity index (χ1v) is 8.17. The van der Waals surface area contributed by atoms with Gasteiger partial charge in [-0.05, 0) is 26.2 Å². The third kappa shape index (κ3) is 3.29. The van der Waals surface area contributed by atoms with E-state index in [1.807, 2.05) is 6.92 Å². The molecule has 0 amide bonds. The molecule has 0 aromatic carbocycles. The van der Waals surface area contributed by atoms with Gasteiger partial charge in [0.2, 0.25) is 0 Å². The van der Waals surface area contributed by atoms with E-state index in [0.717, 1.165) is 6.42 Å². The van der Waals surface area contributed by atoms with E-state index < -0.39 is 23.1 Å². The molecule has 3 heterocycles. The number of nitrogens with zero attached hydrogens (tertiary/aromatic N) is 1. The lowest BCUT2D eigenvalue weighted by atomic mass is 10.0. The summed E-state index contributed by atoms with van der Waals surface area (Å²) in [5.41, 5.74) is -1.82. The Morgan fingerprint density at radius 3 is 2.96 bits per heavy atom. The lowest BCUT2D eigenvalue weighted by Crippen LogP contribution is -2.37. The van der Waals surface area contributed by atoms with Crippen LogP contribution in [-0.4, -0.2) is 40.4 Å². The molecule has 0 radical (unpaired) electrons. The Balaban J connectivity index is 1.60. The first kappa shape index (κ1) is 16.9. The fourth-order valence-corrected chi connectivity index (χ4v) is 3.25. The summed E-state index contributed by atoms with van der Waals surface area (Å²) in [5, 5.41) is 0. The van der Waals surface area contributed by atoms with Crippen molar-refractivity contribution in [3.8, 4) is 0 Å². The Morgan fingerprint density at radius 2 is 2.29 bits per heavy atom. The Labute approximate surface area is 138 Å². The van der Waals surface area contributed by atoms with Crippen LogP contribution in [0.1, 0.15) is 39.3 Å². The number of carbonyl (C=O) groups excluding carboxylic acids is 1. The standard InChI is InChI=1S/C16H22N2O6/c1-10-8-11(9-22-14(20)16(2)5-3-7-23-16)24-13(10)18-6-4-12(19)17-15(18)21/h4,6,10-11,13H,3,5,7-9H2,1-2H3,(H,17,19,21). The van der Waals surface area contributed by atoms with Gasteiger partial charge in [-0.15, -0.1) is 0 Å². The number of nitrogens with one attached hydrogen (secondary N) is 1. The van der Waals surface area contributed by atoms with Crippen molar-refractivity contribution in [3.63, 3.8) is 0 Å². The van der Waals surface area contributed by atoms with Gasteiger partial charge in [0, 0.05) is 24.8 Å². The molecule has 2 aliphatic heterocycles. The maximum absolute atomic E-state index is 12.2. The number of hydrogen-bond acceptors (Lipinski definition) is 6. The van der Waals surface area contributed by atoms with Crippen LogP contribution in [0, 0.1) is 5.92 Å². The molecule has 3 rings (SSSR count). The van der Waals surface area contributed by atoms with Crippen LogP contribution in [-0.2, 0) is 19.0 Å². The van der Waals surface area contributed by atoms with Gasteiger partial charge < -0.3 is 14.2 Å². The van der Waals surface area contributed by atoms with E-state index in [9.17, 15) is 14.4 Å². The van der Waals surface area contributed by atoms with E-state index in [1.54, 1.807) is 6.92 Å². The molecular formula is C16H22N2O6. The monoisotopic (exact) mass is 338 g/mol. The van der Waals surface area contributed by atoms with Crippen LogP contribution >= 0.6 is 0 Å². The zero-order valence-corrected chi connectivity index (χ0v) is 13.8. The Bertz CT molecular complexity index is 718. The average molecular weight is 338 g/mol. The van der Waals surface area contributed by atoms with E-state index in [4.69, 9.17) is 14.2 Å². The molecule has 2 aliphatic rings.